The monoisotopic (exact) mass is 404 g/mol. The number of hydrogen-bond donors (Lipinski definition) is 1. The van der Waals surface area contributed by atoms with Gasteiger partial charge in [0.15, 0.2) is 17.5 Å². The summed E-state index contributed by atoms with van der Waals surface area (Å²) in [5.74, 6) is -4.05. The number of halogens is 3. The molecule has 0 aliphatic carbocycles. The normalized spacial score (nSPS) is 10.9. The van der Waals surface area contributed by atoms with Crippen molar-refractivity contribution in [2.75, 3.05) is 19.0 Å². The molecule has 0 unspecified atom stereocenters. The van der Waals surface area contributed by atoms with E-state index in [1.54, 1.807) is 7.11 Å². The van der Waals surface area contributed by atoms with Gasteiger partial charge < -0.3 is 10.1 Å². The minimum Gasteiger partial charge on any atom is -0.384 e. The topological polar surface area (TPSA) is 69.0 Å². The van der Waals surface area contributed by atoms with Gasteiger partial charge in [-0.3, -0.25) is 4.79 Å². The van der Waals surface area contributed by atoms with E-state index in [9.17, 15) is 18.0 Å². The van der Waals surface area contributed by atoms with Crippen molar-refractivity contribution in [3.05, 3.63) is 81.0 Å². The molecule has 0 aliphatic heterocycles. The Kier molecular flexibility index (Phi) is 6.28. The Hall–Kier alpha value is -3.20. The van der Waals surface area contributed by atoms with Gasteiger partial charge in [-0.1, -0.05) is 12.1 Å². The summed E-state index contributed by atoms with van der Waals surface area (Å²) in [6.07, 6.45) is 1.69. The van der Waals surface area contributed by atoms with Gasteiger partial charge in [-0.15, -0.1) is 0 Å². The summed E-state index contributed by atoms with van der Waals surface area (Å²) in [5, 5.41) is 7.02. The van der Waals surface area contributed by atoms with Crippen LogP contribution in [0.5, 0.6) is 0 Å². The zero-order chi connectivity index (χ0) is 21.0. The average molecular weight is 404 g/mol. The molecule has 0 fully saturated rings. The second kappa shape index (κ2) is 8.87. The fourth-order valence-electron chi connectivity index (χ4n) is 2.74. The molecule has 0 saturated carbocycles. The van der Waals surface area contributed by atoms with Crippen LogP contribution in [0.2, 0.25) is 0 Å². The fourth-order valence-corrected chi connectivity index (χ4v) is 2.74. The van der Waals surface area contributed by atoms with Crippen molar-refractivity contribution in [1.29, 1.82) is 0 Å². The van der Waals surface area contributed by atoms with E-state index < -0.39 is 23.0 Å². The van der Waals surface area contributed by atoms with Crippen LogP contribution in [0.25, 0.3) is 0 Å². The maximum absolute atomic E-state index is 13.5. The summed E-state index contributed by atoms with van der Waals surface area (Å²) < 4.78 is 46.6. The van der Waals surface area contributed by atoms with Crippen molar-refractivity contribution in [3.8, 4) is 0 Å². The maximum Gasteiger partial charge on any atom is 0.293 e. The Bertz CT molecular complexity index is 1060. The summed E-state index contributed by atoms with van der Waals surface area (Å²) in [5.41, 5.74) is 2.17. The standard InChI is InChI=1S/C20H19F3N4O2/c1-12-3-4-13(5-6-29-2)9-17(12)25-20-26-18(28)10-24-27(20)11-14-7-15(21)19(23)16(22)8-14/h3-4,7-10H,5-6,11H2,1-2H3,(H,25,26,28). The van der Waals surface area contributed by atoms with Crippen molar-refractivity contribution in [1.82, 2.24) is 14.8 Å². The molecule has 0 spiro atoms. The molecule has 1 aromatic heterocycles. The van der Waals surface area contributed by atoms with Crippen molar-refractivity contribution in [2.45, 2.75) is 19.9 Å². The summed E-state index contributed by atoms with van der Waals surface area (Å²) in [6, 6.07) is 7.52. The molecule has 3 aromatic rings. The predicted octanol–water partition coefficient (Wildman–Crippen LogP) is 3.34. The van der Waals surface area contributed by atoms with Gasteiger partial charge in [0, 0.05) is 12.8 Å². The highest BCUT2D eigenvalue weighted by molar-refractivity contribution is 5.59. The number of aromatic nitrogens is 3. The first-order chi connectivity index (χ1) is 13.9. The molecule has 0 atom stereocenters. The van der Waals surface area contributed by atoms with Crippen molar-refractivity contribution in [3.63, 3.8) is 0 Å². The molecule has 0 radical (unpaired) electrons. The van der Waals surface area contributed by atoms with Crippen molar-refractivity contribution < 1.29 is 17.9 Å². The average Bonchev–Trinajstić information content (AvgIpc) is 2.68. The van der Waals surface area contributed by atoms with Gasteiger partial charge in [-0.2, -0.15) is 10.1 Å². The minimum absolute atomic E-state index is 0.0923. The smallest absolute Gasteiger partial charge is 0.293 e. The number of nitrogens with one attached hydrogen (secondary N) is 1. The van der Waals surface area contributed by atoms with Gasteiger partial charge in [0.2, 0.25) is 5.95 Å². The molecule has 9 heteroatoms. The van der Waals surface area contributed by atoms with Crippen LogP contribution < -0.4 is 10.9 Å². The Balaban J connectivity index is 1.93. The number of benzene rings is 2. The molecular formula is C20H19F3N4O2. The van der Waals surface area contributed by atoms with Crippen LogP contribution in [0.3, 0.4) is 0 Å². The van der Waals surface area contributed by atoms with E-state index >= 15 is 0 Å². The lowest BCUT2D eigenvalue weighted by Crippen LogP contribution is -2.19. The number of rotatable bonds is 7. The first-order valence-electron chi connectivity index (χ1n) is 8.80. The Morgan fingerprint density at radius 1 is 1.10 bits per heavy atom. The SMILES string of the molecule is COCCc1ccc(C)c(Nc2nc(=O)cnn2Cc2cc(F)c(F)c(F)c2)c1. The summed E-state index contributed by atoms with van der Waals surface area (Å²) in [4.78, 5) is 15.6. The van der Waals surface area contributed by atoms with Gasteiger partial charge in [0.1, 0.15) is 6.20 Å². The molecule has 2 aromatic carbocycles. The molecule has 0 amide bonds. The molecule has 3 rings (SSSR count). The van der Waals surface area contributed by atoms with Crippen molar-refractivity contribution in [2.24, 2.45) is 0 Å². The minimum atomic E-state index is -1.54. The first-order valence-corrected chi connectivity index (χ1v) is 8.80. The molecule has 29 heavy (non-hydrogen) atoms. The molecule has 152 valence electrons. The van der Waals surface area contributed by atoms with E-state index in [2.05, 4.69) is 15.4 Å². The lowest BCUT2D eigenvalue weighted by atomic mass is 10.1. The van der Waals surface area contributed by atoms with Crippen LogP contribution in [0.4, 0.5) is 24.8 Å². The fraction of sp³-hybridized carbons (Fsp3) is 0.250. The Morgan fingerprint density at radius 2 is 1.83 bits per heavy atom. The number of aryl methyl sites for hydroxylation is 1. The van der Waals surface area contributed by atoms with E-state index in [0.29, 0.717) is 18.7 Å². The number of hydrogen-bond acceptors (Lipinski definition) is 5. The number of anilines is 2. The molecule has 0 bridgehead atoms. The van der Waals surface area contributed by atoms with E-state index in [4.69, 9.17) is 4.74 Å². The van der Waals surface area contributed by atoms with E-state index in [0.717, 1.165) is 29.5 Å². The van der Waals surface area contributed by atoms with Gasteiger partial charge in [-0.25, -0.2) is 17.9 Å². The third-order valence-electron chi connectivity index (χ3n) is 4.29. The first kappa shape index (κ1) is 20.5. The number of methoxy groups -OCH3 is 1. The maximum atomic E-state index is 13.5. The van der Waals surface area contributed by atoms with Crippen LogP contribution in [-0.4, -0.2) is 28.5 Å². The largest absolute Gasteiger partial charge is 0.384 e. The van der Waals surface area contributed by atoms with Gasteiger partial charge in [0.25, 0.3) is 5.56 Å². The molecule has 0 aliphatic rings. The van der Waals surface area contributed by atoms with Crippen LogP contribution in [0, 0.1) is 24.4 Å². The van der Waals surface area contributed by atoms with E-state index in [1.165, 1.54) is 4.68 Å². The molecule has 6 nitrogen and oxygen atoms in total. The van der Waals surface area contributed by atoms with Gasteiger partial charge in [0.05, 0.1) is 13.2 Å². The molecule has 1 heterocycles. The molecule has 0 saturated heterocycles. The number of nitrogens with zero attached hydrogens (tertiary/aromatic N) is 3. The van der Waals surface area contributed by atoms with E-state index in [1.807, 2.05) is 25.1 Å². The van der Waals surface area contributed by atoms with Crippen molar-refractivity contribution >= 4 is 11.6 Å². The summed E-state index contributed by atoms with van der Waals surface area (Å²) in [6.45, 7) is 2.32. The van der Waals surface area contributed by atoms with Crippen LogP contribution >= 0.6 is 0 Å². The van der Waals surface area contributed by atoms with Crippen LogP contribution in [0.15, 0.2) is 41.3 Å². The highest BCUT2D eigenvalue weighted by Crippen LogP contribution is 2.21. The third-order valence-corrected chi connectivity index (χ3v) is 4.29. The molecule has 1 N–H and O–H groups in total. The third kappa shape index (κ3) is 5.00. The highest BCUT2D eigenvalue weighted by Gasteiger charge is 2.13. The molecular weight excluding hydrogens is 385 g/mol. The lowest BCUT2D eigenvalue weighted by molar-refractivity contribution is 0.202. The number of ether oxygens (including phenoxy) is 1. The highest BCUT2D eigenvalue weighted by atomic mass is 19.2. The van der Waals surface area contributed by atoms with Gasteiger partial charge >= 0.3 is 0 Å². The Labute approximate surface area is 165 Å². The summed E-state index contributed by atoms with van der Waals surface area (Å²) in [7, 11) is 1.62. The van der Waals surface area contributed by atoms with E-state index in [-0.39, 0.29) is 18.1 Å². The second-order valence-electron chi connectivity index (χ2n) is 6.47. The zero-order valence-corrected chi connectivity index (χ0v) is 15.9. The quantitative estimate of drug-likeness (QED) is 0.612. The second-order valence-corrected chi connectivity index (χ2v) is 6.47. The Morgan fingerprint density at radius 3 is 2.52 bits per heavy atom. The predicted molar refractivity (Wildman–Crippen MR) is 102 cm³/mol. The lowest BCUT2D eigenvalue weighted by Gasteiger charge is -2.15. The summed E-state index contributed by atoms with van der Waals surface area (Å²) >= 11 is 0. The van der Waals surface area contributed by atoms with Gasteiger partial charge in [-0.05, 0) is 48.2 Å². The zero-order valence-electron chi connectivity index (χ0n) is 15.9. The van der Waals surface area contributed by atoms with Crippen LogP contribution in [-0.2, 0) is 17.7 Å². The van der Waals surface area contributed by atoms with Crippen LogP contribution in [0.1, 0.15) is 16.7 Å².